The lowest BCUT2D eigenvalue weighted by atomic mass is 10.1. The number of carbonyl (C=O) groups excluding carboxylic acids is 1. The lowest BCUT2D eigenvalue weighted by molar-refractivity contribution is -0.137. The molecular weight excluding hydrogens is 421 g/mol. The fourth-order valence-corrected chi connectivity index (χ4v) is 4.04. The average Bonchev–Trinajstić information content (AvgIpc) is 2.67. The van der Waals surface area contributed by atoms with Crippen LogP contribution in [0, 0.1) is 6.92 Å². The van der Waals surface area contributed by atoms with Gasteiger partial charge in [-0.05, 0) is 49.2 Å². The molecule has 1 N–H and O–H groups in total. The van der Waals surface area contributed by atoms with E-state index in [1.807, 2.05) is 44.2 Å². The lowest BCUT2D eigenvalue weighted by Gasteiger charge is -2.17. The van der Waals surface area contributed by atoms with E-state index in [0.29, 0.717) is 11.4 Å². The number of aryl methyl sites for hydroxylation is 1. The SMILES string of the molecule is CCC(Sc1cc(C)c2ccccc2n1)C(=O)Nc1cc(C(F)(F)F)ccc1Cl. The zero-order chi connectivity index (χ0) is 21.2. The summed E-state index contributed by atoms with van der Waals surface area (Å²) in [4.78, 5) is 17.3. The molecule has 0 spiro atoms. The predicted octanol–water partition coefficient (Wildman–Crippen LogP) is 6.72. The number of pyridine rings is 1. The molecule has 0 aliphatic carbocycles. The van der Waals surface area contributed by atoms with Crippen LogP contribution in [0.1, 0.15) is 24.5 Å². The highest BCUT2D eigenvalue weighted by Crippen LogP contribution is 2.35. The van der Waals surface area contributed by atoms with E-state index in [2.05, 4.69) is 10.3 Å². The summed E-state index contributed by atoms with van der Waals surface area (Å²) in [6.07, 6.45) is -4.05. The first-order chi connectivity index (χ1) is 13.7. The van der Waals surface area contributed by atoms with Crippen LogP contribution in [0.5, 0.6) is 0 Å². The molecule has 0 radical (unpaired) electrons. The van der Waals surface area contributed by atoms with Gasteiger partial charge in [-0.1, -0.05) is 48.5 Å². The summed E-state index contributed by atoms with van der Waals surface area (Å²) in [5.41, 5.74) is 0.929. The Morgan fingerprint density at radius 2 is 1.93 bits per heavy atom. The van der Waals surface area contributed by atoms with Crippen LogP contribution in [0.4, 0.5) is 18.9 Å². The van der Waals surface area contributed by atoms with E-state index in [1.54, 1.807) is 0 Å². The first-order valence-electron chi connectivity index (χ1n) is 8.89. The second-order valence-corrected chi connectivity index (χ2v) is 8.12. The molecule has 1 amide bonds. The number of alkyl halides is 3. The predicted molar refractivity (Wildman–Crippen MR) is 111 cm³/mol. The Balaban J connectivity index is 1.81. The monoisotopic (exact) mass is 438 g/mol. The standard InChI is InChI=1S/C21H18ClF3N2OS/c1-3-18(29-19-10-12(2)14-6-4-5-7-16(14)26-19)20(28)27-17-11-13(21(23,24)25)8-9-15(17)22/h4-11,18H,3H2,1-2H3,(H,27,28). The fourth-order valence-electron chi connectivity index (χ4n) is 2.86. The molecule has 29 heavy (non-hydrogen) atoms. The van der Waals surface area contributed by atoms with E-state index in [0.717, 1.165) is 34.7 Å². The van der Waals surface area contributed by atoms with Crippen molar-refractivity contribution in [1.29, 1.82) is 0 Å². The quantitative estimate of drug-likeness (QED) is 0.449. The molecule has 1 aromatic heterocycles. The third-order valence-electron chi connectivity index (χ3n) is 4.38. The first kappa shape index (κ1) is 21.5. The van der Waals surface area contributed by atoms with Crippen molar-refractivity contribution in [1.82, 2.24) is 4.98 Å². The molecule has 3 nitrogen and oxygen atoms in total. The number of para-hydroxylation sites is 1. The van der Waals surface area contributed by atoms with Gasteiger partial charge in [0.25, 0.3) is 0 Å². The van der Waals surface area contributed by atoms with Gasteiger partial charge in [0, 0.05) is 5.39 Å². The van der Waals surface area contributed by atoms with Gasteiger partial charge in [-0.3, -0.25) is 4.79 Å². The van der Waals surface area contributed by atoms with E-state index >= 15 is 0 Å². The van der Waals surface area contributed by atoms with Crippen molar-refractivity contribution < 1.29 is 18.0 Å². The molecule has 3 rings (SSSR count). The summed E-state index contributed by atoms with van der Waals surface area (Å²) in [6, 6.07) is 12.5. The molecule has 0 fully saturated rings. The van der Waals surface area contributed by atoms with E-state index in [4.69, 9.17) is 11.6 Å². The van der Waals surface area contributed by atoms with Crippen LogP contribution in [0.3, 0.4) is 0 Å². The number of halogens is 4. The second kappa shape index (κ2) is 8.63. The second-order valence-electron chi connectivity index (χ2n) is 6.49. The number of carbonyl (C=O) groups is 1. The van der Waals surface area contributed by atoms with Gasteiger partial charge in [-0.2, -0.15) is 13.2 Å². The maximum absolute atomic E-state index is 12.9. The molecule has 1 heterocycles. The Labute approximate surface area is 175 Å². The smallest absolute Gasteiger partial charge is 0.324 e. The van der Waals surface area contributed by atoms with Crippen molar-refractivity contribution in [3.8, 4) is 0 Å². The molecule has 3 aromatic rings. The number of anilines is 1. The minimum Gasteiger partial charge on any atom is -0.324 e. The van der Waals surface area contributed by atoms with Crippen LogP contribution >= 0.6 is 23.4 Å². The van der Waals surface area contributed by atoms with Crippen LogP contribution in [0.2, 0.25) is 5.02 Å². The topological polar surface area (TPSA) is 42.0 Å². The lowest BCUT2D eigenvalue weighted by Crippen LogP contribution is -2.25. The van der Waals surface area contributed by atoms with E-state index in [9.17, 15) is 18.0 Å². The third-order valence-corrected chi connectivity index (χ3v) is 5.99. The van der Waals surface area contributed by atoms with Gasteiger partial charge >= 0.3 is 6.18 Å². The Bertz CT molecular complexity index is 1060. The van der Waals surface area contributed by atoms with Crippen molar-refractivity contribution in [2.24, 2.45) is 0 Å². The summed E-state index contributed by atoms with van der Waals surface area (Å²) >= 11 is 7.26. The normalized spacial score (nSPS) is 12.8. The van der Waals surface area contributed by atoms with Crippen LogP contribution in [0.25, 0.3) is 10.9 Å². The largest absolute Gasteiger partial charge is 0.416 e. The Morgan fingerprint density at radius 1 is 1.21 bits per heavy atom. The summed E-state index contributed by atoms with van der Waals surface area (Å²) in [7, 11) is 0. The summed E-state index contributed by atoms with van der Waals surface area (Å²) in [6.45, 7) is 3.80. The van der Waals surface area contributed by atoms with Gasteiger partial charge in [0.1, 0.15) is 0 Å². The summed E-state index contributed by atoms with van der Waals surface area (Å²) < 4.78 is 38.8. The maximum atomic E-state index is 12.9. The maximum Gasteiger partial charge on any atom is 0.416 e. The van der Waals surface area contributed by atoms with Gasteiger partial charge < -0.3 is 5.32 Å². The van der Waals surface area contributed by atoms with Crippen molar-refractivity contribution >= 4 is 45.9 Å². The van der Waals surface area contributed by atoms with Gasteiger partial charge in [-0.15, -0.1) is 0 Å². The molecule has 0 saturated heterocycles. The van der Waals surface area contributed by atoms with Crippen molar-refractivity contribution in [3.63, 3.8) is 0 Å². The number of benzene rings is 2. The van der Waals surface area contributed by atoms with Gasteiger partial charge in [0.05, 0.1) is 32.1 Å². The number of nitrogens with one attached hydrogen (secondary N) is 1. The number of thioether (sulfide) groups is 1. The van der Waals surface area contributed by atoms with Crippen LogP contribution < -0.4 is 5.32 Å². The van der Waals surface area contributed by atoms with Crippen LogP contribution in [-0.4, -0.2) is 16.1 Å². The number of hydrogen-bond acceptors (Lipinski definition) is 3. The van der Waals surface area contributed by atoms with Crippen molar-refractivity contribution in [2.75, 3.05) is 5.32 Å². The third kappa shape index (κ3) is 5.03. The molecule has 0 saturated carbocycles. The number of fused-ring (bicyclic) bond motifs is 1. The highest BCUT2D eigenvalue weighted by Gasteiger charge is 2.31. The van der Waals surface area contributed by atoms with Crippen LogP contribution in [-0.2, 0) is 11.0 Å². The molecule has 152 valence electrons. The number of nitrogens with zero attached hydrogens (tertiary/aromatic N) is 1. The highest BCUT2D eigenvalue weighted by molar-refractivity contribution is 8.00. The highest BCUT2D eigenvalue weighted by atomic mass is 35.5. The Hall–Kier alpha value is -2.25. The molecule has 1 atom stereocenters. The first-order valence-corrected chi connectivity index (χ1v) is 10.2. The molecule has 0 bridgehead atoms. The van der Waals surface area contributed by atoms with Crippen molar-refractivity contribution in [2.45, 2.75) is 36.7 Å². The Morgan fingerprint density at radius 3 is 2.62 bits per heavy atom. The molecule has 0 aliphatic heterocycles. The fraction of sp³-hybridized carbons (Fsp3) is 0.238. The van der Waals surface area contributed by atoms with Gasteiger partial charge in [0.2, 0.25) is 5.91 Å². The molecule has 1 unspecified atom stereocenters. The molecular formula is C21H18ClF3N2OS. The zero-order valence-corrected chi connectivity index (χ0v) is 17.3. The number of amides is 1. The molecule has 0 aliphatic rings. The average molecular weight is 439 g/mol. The van der Waals surface area contributed by atoms with E-state index < -0.39 is 22.9 Å². The molecule has 2 aromatic carbocycles. The number of hydrogen-bond donors (Lipinski definition) is 1. The molecule has 8 heteroatoms. The summed E-state index contributed by atoms with van der Waals surface area (Å²) in [5, 5.41) is 3.75. The zero-order valence-electron chi connectivity index (χ0n) is 15.7. The van der Waals surface area contributed by atoms with Gasteiger partial charge in [-0.25, -0.2) is 4.98 Å². The minimum atomic E-state index is -4.52. The summed E-state index contributed by atoms with van der Waals surface area (Å²) in [5.74, 6) is -0.425. The number of aromatic nitrogens is 1. The Kier molecular flexibility index (Phi) is 6.39. The van der Waals surface area contributed by atoms with Crippen molar-refractivity contribution in [3.05, 3.63) is 64.7 Å². The number of rotatable bonds is 5. The minimum absolute atomic E-state index is 0.0471. The van der Waals surface area contributed by atoms with Crippen LogP contribution in [0.15, 0.2) is 53.6 Å². The van der Waals surface area contributed by atoms with E-state index in [-0.39, 0.29) is 10.7 Å². The van der Waals surface area contributed by atoms with E-state index in [1.165, 1.54) is 11.8 Å². The van der Waals surface area contributed by atoms with Gasteiger partial charge in [0.15, 0.2) is 0 Å².